The van der Waals surface area contributed by atoms with Gasteiger partial charge in [-0.1, -0.05) is 6.92 Å². The fourth-order valence-electron chi connectivity index (χ4n) is 1.70. The number of halogens is 1. The lowest BCUT2D eigenvalue weighted by Crippen LogP contribution is -2.09. The fraction of sp³-hybridized carbons (Fsp3) is 0.308. The molecule has 4 heteroatoms. The number of hydrogen-bond donors (Lipinski definition) is 1. The lowest BCUT2D eigenvalue weighted by Gasteiger charge is -2.16. The molecule has 0 bridgehead atoms. The summed E-state index contributed by atoms with van der Waals surface area (Å²) in [6.45, 7) is 4.15. The SMILES string of the molecule is CCC(Nc1cnc(Br)c(C)c1)c1ccco1. The topological polar surface area (TPSA) is 38.1 Å². The highest BCUT2D eigenvalue weighted by molar-refractivity contribution is 9.10. The van der Waals surface area contributed by atoms with Crippen molar-refractivity contribution in [2.45, 2.75) is 26.3 Å². The Morgan fingerprint density at radius 3 is 2.94 bits per heavy atom. The molecule has 90 valence electrons. The van der Waals surface area contributed by atoms with Crippen LogP contribution in [0.1, 0.15) is 30.7 Å². The molecule has 0 aromatic carbocycles. The number of hydrogen-bond acceptors (Lipinski definition) is 3. The normalized spacial score (nSPS) is 12.4. The zero-order valence-corrected chi connectivity index (χ0v) is 11.5. The zero-order chi connectivity index (χ0) is 12.3. The highest BCUT2D eigenvalue weighted by Crippen LogP contribution is 2.24. The van der Waals surface area contributed by atoms with Crippen LogP contribution in [-0.4, -0.2) is 4.98 Å². The second-order valence-electron chi connectivity index (χ2n) is 3.95. The Labute approximate surface area is 109 Å². The molecule has 17 heavy (non-hydrogen) atoms. The fourth-order valence-corrected chi connectivity index (χ4v) is 1.92. The number of pyridine rings is 1. The van der Waals surface area contributed by atoms with Gasteiger partial charge in [0.25, 0.3) is 0 Å². The van der Waals surface area contributed by atoms with Crippen molar-refractivity contribution in [3.8, 4) is 0 Å². The second-order valence-corrected chi connectivity index (χ2v) is 4.70. The van der Waals surface area contributed by atoms with Crippen LogP contribution in [0.5, 0.6) is 0 Å². The maximum absolute atomic E-state index is 5.42. The Bertz CT molecular complexity index is 482. The predicted octanol–water partition coefficient (Wildman–Crippen LogP) is 4.31. The maximum atomic E-state index is 5.42. The Kier molecular flexibility index (Phi) is 3.84. The van der Waals surface area contributed by atoms with Gasteiger partial charge in [-0.3, -0.25) is 0 Å². The molecule has 1 unspecified atom stereocenters. The molecule has 0 radical (unpaired) electrons. The van der Waals surface area contributed by atoms with E-state index in [9.17, 15) is 0 Å². The van der Waals surface area contributed by atoms with E-state index in [-0.39, 0.29) is 6.04 Å². The van der Waals surface area contributed by atoms with E-state index in [2.05, 4.69) is 39.2 Å². The van der Waals surface area contributed by atoms with E-state index < -0.39 is 0 Å². The lowest BCUT2D eigenvalue weighted by atomic mass is 10.1. The van der Waals surface area contributed by atoms with Crippen LogP contribution in [0.4, 0.5) is 5.69 Å². The molecule has 0 aliphatic carbocycles. The van der Waals surface area contributed by atoms with Crippen LogP contribution in [-0.2, 0) is 0 Å². The van der Waals surface area contributed by atoms with Crippen LogP contribution in [0.2, 0.25) is 0 Å². The van der Waals surface area contributed by atoms with E-state index in [0.717, 1.165) is 28.0 Å². The number of aryl methyl sites for hydroxylation is 1. The molecular formula is C13H15BrN2O. The van der Waals surface area contributed by atoms with Gasteiger partial charge in [0.15, 0.2) is 0 Å². The van der Waals surface area contributed by atoms with Gasteiger partial charge in [0.1, 0.15) is 10.4 Å². The second kappa shape index (κ2) is 5.36. The summed E-state index contributed by atoms with van der Waals surface area (Å²) < 4.78 is 6.30. The first-order chi connectivity index (χ1) is 8.20. The molecule has 3 nitrogen and oxygen atoms in total. The van der Waals surface area contributed by atoms with Gasteiger partial charge in [0.2, 0.25) is 0 Å². The first-order valence-corrected chi connectivity index (χ1v) is 6.42. The van der Waals surface area contributed by atoms with E-state index in [1.165, 1.54) is 0 Å². The summed E-state index contributed by atoms with van der Waals surface area (Å²) in [6.07, 6.45) is 4.48. The van der Waals surface area contributed by atoms with Crippen LogP contribution in [0, 0.1) is 6.92 Å². The Balaban J connectivity index is 2.16. The first kappa shape index (κ1) is 12.2. The molecule has 2 aromatic rings. The quantitative estimate of drug-likeness (QED) is 0.854. The highest BCUT2D eigenvalue weighted by atomic mass is 79.9. The van der Waals surface area contributed by atoms with Gasteiger partial charge < -0.3 is 9.73 Å². The van der Waals surface area contributed by atoms with Crippen molar-refractivity contribution in [2.75, 3.05) is 5.32 Å². The largest absolute Gasteiger partial charge is 0.467 e. The average Bonchev–Trinajstić information content (AvgIpc) is 2.84. The van der Waals surface area contributed by atoms with Crippen LogP contribution in [0.25, 0.3) is 0 Å². The minimum absolute atomic E-state index is 0.187. The summed E-state index contributed by atoms with van der Waals surface area (Å²) in [5, 5.41) is 3.42. The summed E-state index contributed by atoms with van der Waals surface area (Å²) in [4.78, 5) is 4.27. The van der Waals surface area contributed by atoms with Crippen molar-refractivity contribution < 1.29 is 4.42 Å². The van der Waals surface area contributed by atoms with E-state index in [1.54, 1.807) is 6.26 Å². The predicted molar refractivity (Wildman–Crippen MR) is 72.0 cm³/mol. The molecule has 0 fully saturated rings. The zero-order valence-electron chi connectivity index (χ0n) is 9.90. The van der Waals surface area contributed by atoms with E-state index in [4.69, 9.17) is 4.42 Å². The molecule has 2 aromatic heterocycles. The van der Waals surface area contributed by atoms with Gasteiger partial charge in [0, 0.05) is 0 Å². The molecule has 0 amide bonds. The van der Waals surface area contributed by atoms with Gasteiger partial charge in [-0.2, -0.15) is 0 Å². The number of anilines is 1. The van der Waals surface area contributed by atoms with Gasteiger partial charge in [-0.25, -0.2) is 4.98 Å². The van der Waals surface area contributed by atoms with Gasteiger partial charge in [-0.05, 0) is 53.0 Å². The minimum atomic E-state index is 0.187. The van der Waals surface area contributed by atoms with E-state index in [1.807, 2.05) is 25.3 Å². The Morgan fingerprint density at radius 1 is 1.53 bits per heavy atom. The minimum Gasteiger partial charge on any atom is -0.467 e. The molecule has 1 N–H and O–H groups in total. The lowest BCUT2D eigenvalue weighted by molar-refractivity contribution is 0.474. The molecule has 2 heterocycles. The van der Waals surface area contributed by atoms with Crippen molar-refractivity contribution in [2.24, 2.45) is 0 Å². The van der Waals surface area contributed by atoms with Crippen LogP contribution in [0.15, 0.2) is 39.7 Å². The molecule has 0 saturated heterocycles. The van der Waals surface area contributed by atoms with Crippen molar-refractivity contribution in [3.05, 3.63) is 46.6 Å². The first-order valence-electron chi connectivity index (χ1n) is 5.62. The van der Waals surface area contributed by atoms with Gasteiger partial charge >= 0.3 is 0 Å². The van der Waals surface area contributed by atoms with Gasteiger partial charge in [0.05, 0.1) is 24.2 Å². The van der Waals surface area contributed by atoms with E-state index >= 15 is 0 Å². The van der Waals surface area contributed by atoms with Crippen molar-refractivity contribution in [1.29, 1.82) is 0 Å². The van der Waals surface area contributed by atoms with Crippen LogP contribution < -0.4 is 5.32 Å². The Morgan fingerprint density at radius 2 is 2.35 bits per heavy atom. The Hall–Kier alpha value is -1.29. The van der Waals surface area contributed by atoms with Crippen molar-refractivity contribution in [1.82, 2.24) is 4.98 Å². The van der Waals surface area contributed by atoms with Crippen LogP contribution in [0.3, 0.4) is 0 Å². The van der Waals surface area contributed by atoms with Gasteiger partial charge in [-0.15, -0.1) is 0 Å². The number of nitrogens with zero attached hydrogens (tertiary/aromatic N) is 1. The number of aromatic nitrogens is 1. The molecular weight excluding hydrogens is 280 g/mol. The van der Waals surface area contributed by atoms with Crippen molar-refractivity contribution in [3.63, 3.8) is 0 Å². The molecule has 2 rings (SSSR count). The highest BCUT2D eigenvalue weighted by Gasteiger charge is 2.12. The van der Waals surface area contributed by atoms with Crippen molar-refractivity contribution >= 4 is 21.6 Å². The summed E-state index contributed by atoms with van der Waals surface area (Å²) in [7, 11) is 0. The molecule has 0 spiro atoms. The van der Waals surface area contributed by atoms with E-state index in [0.29, 0.717) is 0 Å². The summed E-state index contributed by atoms with van der Waals surface area (Å²) in [5.74, 6) is 0.952. The summed E-state index contributed by atoms with van der Waals surface area (Å²) in [5.41, 5.74) is 2.12. The molecule has 0 saturated carbocycles. The third kappa shape index (κ3) is 2.88. The summed E-state index contributed by atoms with van der Waals surface area (Å²) >= 11 is 3.39. The average molecular weight is 295 g/mol. The standard InChI is InChI=1S/C13H15BrN2O/c1-3-11(12-5-4-6-17-12)16-10-7-9(2)13(14)15-8-10/h4-8,11,16H,3H2,1-2H3. The number of furan rings is 1. The number of nitrogens with one attached hydrogen (secondary N) is 1. The monoisotopic (exact) mass is 294 g/mol. The molecule has 1 atom stereocenters. The maximum Gasteiger partial charge on any atom is 0.125 e. The third-order valence-corrected chi connectivity index (χ3v) is 3.48. The number of rotatable bonds is 4. The van der Waals surface area contributed by atoms with Crippen LogP contribution >= 0.6 is 15.9 Å². The summed E-state index contributed by atoms with van der Waals surface area (Å²) in [6, 6.07) is 6.15. The smallest absolute Gasteiger partial charge is 0.125 e. The third-order valence-electron chi connectivity index (χ3n) is 2.65. The molecule has 0 aliphatic heterocycles. The molecule has 0 aliphatic rings.